The second-order valence-electron chi connectivity index (χ2n) is 13.0. The number of aromatic nitrogens is 4. The highest BCUT2D eigenvalue weighted by Gasteiger charge is 2.37. The molecule has 4 rings (SSSR count). The van der Waals surface area contributed by atoms with Gasteiger partial charge in [-0.1, -0.05) is 18.2 Å². The van der Waals surface area contributed by atoms with Crippen molar-refractivity contribution >= 4 is 27.8 Å². The van der Waals surface area contributed by atoms with E-state index < -0.39 is 38.5 Å². The van der Waals surface area contributed by atoms with Crippen LogP contribution in [-0.2, 0) is 19.3 Å². The van der Waals surface area contributed by atoms with Crippen LogP contribution >= 0.6 is 0 Å². The van der Waals surface area contributed by atoms with E-state index in [1.807, 2.05) is 13.0 Å². The number of rotatable bonds is 7. The number of amides is 2. The van der Waals surface area contributed by atoms with Crippen molar-refractivity contribution in [2.45, 2.75) is 83.7 Å². The molecule has 0 saturated carbocycles. The Morgan fingerprint density at radius 3 is 1.98 bits per heavy atom. The number of anilines is 1. The van der Waals surface area contributed by atoms with E-state index >= 15 is 0 Å². The fourth-order valence-electron chi connectivity index (χ4n) is 4.18. The third-order valence-corrected chi connectivity index (χ3v) is 8.60. The van der Waals surface area contributed by atoms with Gasteiger partial charge in [0.2, 0.25) is 0 Å². The van der Waals surface area contributed by atoms with Crippen LogP contribution in [0.5, 0.6) is 5.75 Å². The van der Waals surface area contributed by atoms with Crippen LogP contribution in [0.2, 0.25) is 0 Å². The summed E-state index contributed by atoms with van der Waals surface area (Å²) in [4.78, 5) is 37.0. The maximum Gasteiger partial charge on any atom is 0.425 e. The Balaban J connectivity index is 1.93. The summed E-state index contributed by atoms with van der Waals surface area (Å²) in [7, 11) is -2.00. The molecule has 0 fully saturated rings. The Kier molecular flexibility index (Phi) is 9.76. The molecule has 14 heteroatoms. The molecule has 0 spiro atoms. The van der Waals surface area contributed by atoms with E-state index in [1.165, 1.54) is 25.4 Å². The summed E-state index contributed by atoms with van der Waals surface area (Å²) in [6.45, 7) is 15.0. The van der Waals surface area contributed by atoms with Crippen LogP contribution in [0.25, 0.3) is 34.3 Å². The van der Waals surface area contributed by atoms with Crippen molar-refractivity contribution in [2.75, 3.05) is 12.0 Å². The number of aryl methyl sites for hydroxylation is 1. The van der Waals surface area contributed by atoms with Crippen molar-refractivity contribution in [3.63, 3.8) is 0 Å². The average molecular weight is 666 g/mol. The molecule has 0 bridgehead atoms. The van der Waals surface area contributed by atoms with Gasteiger partial charge in [-0.2, -0.15) is 4.90 Å². The van der Waals surface area contributed by atoms with E-state index in [0.717, 1.165) is 5.56 Å². The highest BCUT2D eigenvalue weighted by Crippen LogP contribution is 2.36. The fraction of sp³-hybridized carbons (Fsp3) is 0.394. The van der Waals surface area contributed by atoms with Crippen molar-refractivity contribution in [1.29, 1.82) is 0 Å². The maximum absolute atomic E-state index is 13.5. The summed E-state index contributed by atoms with van der Waals surface area (Å²) in [5.41, 5.74) is 0.102. The quantitative estimate of drug-likeness (QED) is 0.198. The van der Waals surface area contributed by atoms with Crippen molar-refractivity contribution in [3.8, 4) is 40.0 Å². The van der Waals surface area contributed by atoms with E-state index in [-0.39, 0.29) is 33.9 Å². The minimum atomic E-state index is -3.52. The van der Waals surface area contributed by atoms with Crippen molar-refractivity contribution in [2.24, 2.45) is 0 Å². The van der Waals surface area contributed by atoms with Gasteiger partial charge in [0.05, 0.1) is 34.7 Å². The highest BCUT2D eigenvalue weighted by atomic mass is 32.2. The van der Waals surface area contributed by atoms with Gasteiger partial charge in [-0.3, -0.25) is 0 Å². The predicted octanol–water partition coefficient (Wildman–Crippen LogP) is 7.04. The van der Waals surface area contributed by atoms with Crippen LogP contribution in [-0.4, -0.2) is 64.3 Å². The minimum Gasteiger partial charge on any atom is -0.496 e. The Labute approximate surface area is 274 Å². The first-order valence-corrected chi connectivity index (χ1v) is 16.3. The van der Waals surface area contributed by atoms with E-state index in [1.54, 1.807) is 79.7 Å². The lowest BCUT2D eigenvalue weighted by Crippen LogP contribution is -2.44. The van der Waals surface area contributed by atoms with Gasteiger partial charge in [0.15, 0.2) is 21.3 Å². The molecule has 0 atom stereocenters. The molecule has 0 aliphatic carbocycles. The first kappa shape index (κ1) is 35.0. The number of nitrogens with zero attached hydrogens (tertiary/aromatic N) is 5. The standard InChI is InChI=1S/C33H39N5O8S/c1-19(2)47(41,42)22-14-12-21(13-15-22)24-18-34-27(38(30(39)45-32(4,5)6)31(40)46-33(7,8)9)26(35-24)29-37-36-28(44-29)23-16-11-20(3)17-25(23)43-10/h11-19H,1-10H3. The molecular weight excluding hydrogens is 626 g/mol. The predicted molar refractivity (Wildman–Crippen MR) is 175 cm³/mol. The van der Waals surface area contributed by atoms with Gasteiger partial charge in [0.1, 0.15) is 17.0 Å². The van der Waals surface area contributed by atoms with Gasteiger partial charge in [-0.25, -0.2) is 28.0 Å². The number of carbonyl (C=O) groups excluding carboxylic acids is 2. The van der Waals surface area contributed by atoms with E-state index in [9.17, 15) is 18.0 Å². The molecule has 0 aliphatic heterocycles. The van der Waals surface area contributed by atoms with Crippen molar-refractivity contribution < 1.29 is 36.6 Å². The largest absolute Gasteiger partial charge is 0.496 e. The molecule has 2 amide bonds. The van der Waals surface area contributed by atoms with Crippen LogP contribution in [0.1, 0.15) is 61.0 Å². The zero-order valence-electron chi connectivity index (χ0n) is 28.1. The molecule has 47 heavy (non-hydrogen) atoms. The van der Waals surface area contributed by atoms with Gasteiger partial charge in [-0.05, 0) is 92.1 Å². The van der Waals surface area contributed by atoms with Gasteiger partial charge < -0.3 is 18.6 Å². The molecule has 2 heterocycles. The maximum atomic E-state index is 13.5. The van der Waals surface area contributed by atoms with Crippen LogP contribution in [0.15, 0.2) is 58.0 Å². The molecule has 250 valence electrons. The summed E-state index contributed by atoms with van der Waals surface area (Å²) in [5.74, 6) is 0.102. The van der Waals surface area contributed by atoms with E-state index in [0.29, 0.717) is 21.8 Å². The molecule has 0 saturated heterocycles. The molecule has 0 N–H and O–H groups in total. The first-order valence-electron chi connectivity index (χ1n) is 14.8. The van der Waals surface area contributed by atoms with E-state index in [4.69, 9.17) is 18.6 Å². The summed E-state index contributed by atoms with van der Waals surface area (Å²) < 4.78 is 48.1. The number of methoxy groups -OCH3 is 1. The number of sulfone groups is 1. The SMILES string of the molecule is COc1cc(C)ccc1-c1nnc(-c2nc(-c3ccc(S(=O)(=O)C(C)C)cc3)cnc2N(C(=O)OC(C)(C)C)C(=O)OC(C)(C)C)o1. The Hall–Kier alpha value is -4.85. The molecule has 0 radical (unpaired) electrons. The Morgan fingerprint density at radius 1 is 0.872 bits per heavy atom. The topological polar surface area (TPSA) is 164 Å². The van der Waals surface area contributed by atoms with Crippen molar-refractivity contribution in [3.05, 3.63) is 54.2 Å². The monoisotopic (exact) mass is 665 g/mol. The molecule has 4 aromatic rings. The van der Waals surface area contributed by atoms with Crippen LogP contribution < -0.4 is 9.64 Å². The Morgan fingerprint density at radius 2 is 1.45 bits per heavy atom. The zero-order valence-corrected chi connectivity index (χ0v) is 28.9. The lowest BCUT2D eigenvalue weighted by atomic mass is 10.1. The molecule has 13 nitrogen and oxygen atoms in total. The highest BCUT2D eigenvalue weighted by molar-refractivity contribution is 7.92. The molecule has 0 unspecified atom stereocenters. The first-order chi connectivity index (χ1) is 21.8. The lowest BCUT2D eigenvalue weighted by Gasteiger charge is -2.28. The number of ether oxygens (including phenoxy) is 3. The lowest BCUT2D eigenvalue weighted by molar-refractivity contribution is 0.0429. The normalized spacial score (nSPS) is 12.1. The van der Waals surface area contributed by atoms with Gasteiger partial charge in [0, 0.05) is 5.56 Å². The van der Waals surface area contributed by atoms with Crippen LogP contribution in [0.4, 0.5) is 15.4 Å². The zero-order chi connectivity index (χ0) is 34.9. The summed E-state index contributed by atoms with van der Waals surface area (Å²) in [6, 6.07) is 11.5. The Bertz CT molecular complexity index is 1860. The number of imide groups is 1. The van der Waals surface area contributed by atoms with Crippen molar-refractivity contribution in [1.82, 2.24) is 20.2 Å². The second-order valence-corrected chi connectivity index (χ2v) is 15.5. The van der Waals surface area contributed by atoms with E-state index in [2.05, 4.69) is 20.2 Å². The number of hydrogen-bond acceptors (Lipinski definition) is 12. The van der Waals surface area contributed by atoms with Gasteiger partial charge >= 0.3 is 12.2 Å². The molecule has 2 aromatic carbocycles. The minimum absolute atomic E-state index is 0.0827. The molecule has 0 aliphatic rings. The molecule has 2 aromatic heterocycles. The average Bonchev–Trinajstić information content (AvgIpc) is 3.45. The third kappa shape index (κ3) is 8.12. The second kappa shape index (κ2) is 13.1. The third-order valence-electron chi connectivity index (χ3n) is 6.43. The smallest absolute Gasteiger partial charge is 0.425 e. The summed E-state index contributed by atoms with van der Waals surface area (Å²) >= 11 is 0. The van der Waals surface area contributed by atoms with Crippen LogP contribution in [0, 0.1) is 6.92 Å². The summed E-state index contributed by atoms with van der Waals surface area (Å²) in [6.07, 6.45) is -0.816. The number of hydrogen-bond donors (Lipinski definition) is 0. The fourth-order valence-corrected chi connectivity index (χ4v) is 5.24. The molecular formula is C33H39N5O8S. The number of carbonyl (C=O) groups is 2. The van der Waals surface area contributed by atoms with Crippen LogP contribution in [0.3, 0.4) is 0 Å². The van der Waals surface area contributed by atoms with Gasteiger partial charge in [0.25, 0.3) is 11.8 Å². The summed E-state index contributed by atoms with van der Waals surface area (Å²) in [5, 5.41) is 7.77. The number of benzene rings is 2. The van der Waals surface area contributed by atoms with Gasteiger partial charge in [-0.15, -0.1) is 10.2 Å².